The van der Waals surface area contributed by atoms with Gasteiger partial charge in [-0.2, -0.15) is 0 Å². The SMILES string of the molecule is CCCCCC1(CCC[C@@H](CC(C)=O)NS(=O)c2ccc(C)cc2)OCCO1. The lowest BCUT2D eigenvalue weighted by Crippen LogP contribution is -2.34. The fourth-order valence-corrected chi connectivity index (χ4v) is 4.63. The number of Topliss-reactive ketones (excluding diaryl/α,β-unsaturated/α-hetero) is 1. The lowest BCUT2D eigenvalue weighted by Gasteiger charge is -2.28. The van der Waals surface area contributed by atoms with E-state index >= 15 is 0 Å². The second-order valence-corrected chi connectivity index (χ2v) is 9.00. The molecule has 1 saturated heterocycles. The van der Waals surface area contributed by atoms with Gasteiger partial charge in [-0.25, -0.2) is 8.93 Å². The zero-order chi connectivity index (χ0) is 20.4. The van der Waals surface area contributed by atoms with Crippen molar-refractivity contribution in [1.29, 1.82) is 0 Å². The number of carbonyl (C=O) groups is 1. The van der Waals surface area contributed by atoms with Crippen molar-refractivity contribution < 1.29 is 18.5 Å². The Bertz CT molecular complexity index is 626. The van der Waals surface area contributed by atoms with Gasteiger partial charge in [0.05, 0.1) is 18.1 Å². The monoisotopic (exact) mass is 409 g/mol. The number of ketones is 1. The van der Waals surface area contributed by atoms with E-state index in [-0.39, 0.29) is 11.8 Å². The van der Waals surface area contributed by atoms with Crippen LogP contribution in [-0.4, -0.2) is 35.0 Å². The molecule has 0 saturated carbocycles. The lowest BCUT2D eigenvalue weighted by molar-refractivity contribution is -0.168. The predicted octanol–water partition coefficient (Wildman–Crippen LogP) is 4.45. The van der Waals surface area contributed by atoms with Crippen LogP contribution in [0.1, 0.15) is 70.8 Å². The molecule has 0 bridgehead atoms. The van der Waals surface area contributed by atoms with E-state index in [4.69, 9.17) is 9.47 Å². The first-order valence-corrected chi connectivity index (χ1v) is 11.6. The molecule has 1 aromatic carbocycles. The Balaban J connectivity index is 1.89. The minimum Gasteiger partial charge on any atom is -0.348 e. The normalized spacial score (nSPS) is 18.1. The van der Waals surface area contributed by atoms with Crippen LogP contribution in [0, 0.1) is 6.92 Å². The maximum atomic E-state index is 12.6. The number of ether oxygens (including phenoxy) is 2. The molecule has 0 aliphatic carbocycles. The first-order valence-electron chi connectivity index (χ1n) is 10.5. The maximum absolute atomic E-state index is 12.6. The van der Waals surface area contributed by atoms with Gasteiger partial charge in [0.15, 0.2) is 5.79 Å². The Labute approximate surface area is 172 Å². The molecule has 0 spiro atoms. The quantitative estimate of drug-likeness (QED) is 0.489. The summed E-state index contributed by atoms with van der Waals surface area (Å²) in [5.41, 5.74) is 1.13. The summed E-state index contributed by atoms with van der Waals surface area (Å²) in [5, 5.41) is 0. The van der Waals surface area contributed by atoms with Crippen molar-refractivity contribution in [3.05, 3.63) is 29.8 Å². The van der Waals surface area contributed by atoms with Gasteiger partial charge in [-0.05, 0) is 45.2 Å². The van der Waals surface area contributed by atoms with E-state index in [0.29, 0.717) is 19.6 Å². The van der Waals surface area contributed by atoms with E-state index < -0.39 is 16.8 Å². The van der Waals surface area contributed by atoms with Crippen LogP contribution in [-0.2, 0) is 25.3 Å². The van der Waals surface area contributed by atoms with Gasteiger partial charge in [-0.1, -0.05) is 37.5 Å². The van der Waals surface area contributed by atoms with E-state index in [1.807, 2.05) is 31.2 Å². The summed E-state index contributed by atoms with van der Waals surface area (Å²) in [6, 6.07) is 7.51. The predicted molar refractivity (Wildman–Crippen MR) is 112 cm³/mol. The molecule has 5 nitrogen and oxygen atoms in total. The van der Waals surface area contributed by atoms with Crippen molar-refractivity contribution in [2.45, 2.75) is 88.9 Å². The first-order chi connectivity index (χ1) is 13.4. The molecule has 158 valence electrons. The Morgan fingerprint density at radius 2 is 1.79 bits per heavy atom. The topological polar surface area (TPSA) is 64.6 Å². The summed E-state index contributed by atoms with van der Waals surface area (Å²) >= 11 is 0. The maximum Gasteiger partial charge on any atom is 0.168 e. The largest absolute Gasteiger partial charge is 0.348 e. The molecule has 1 fully saturated rings. The molecule has 0 amide bonds. The number of aryl methyl sites for hydroxylation is 1. The van der Waals surface area contributed by atoms with Crippen LogP contribution in [0.4, 0.5) is 0 Å². The van der Waals surface area contributed by atoms with Gasteiger partial charge in [0, 0.05) is 25.3 Å². The van der Waals surface area contributed by atoms with Crippen LogP contribution < -0.4 is 4.72 Å². The minimum absolute atomic E-state index is 0.101. The van der Waals surface area contributed by atoms with Crippen LogP contribution in [0.2, 0.25) is 0 Å². The van der Waals surface area contributed by atoms with Crippen molar-refractivity contribution in [2.75, 3.05) is 13.2 Å². The Morgan fingerprint density at radius 1 is 1.14 bits per heavy atom. The molecule has 6 heteroatoms. The highest BCUT2D eigenvalue weighted by molar-refractivity contribution is 7.83. The third-order valence-corrected chi connectivity index (χ3v) is 6.38. The highest BCUT2D eigenvalue weighted by Gasteiger charge is 2.35. The van der Waals surface area contributed by atoms with Gasteiger partial charge in [-0.15, -0.1) is 0 Å². The third kappa shape index (κ3) is 7.74. The number of hydrogen-bond acceptors (Lipinski definition) is 4. The molecule has 1 aliphatic heterocycles. The van der Waals surface area contributed by atoms with Crippen LogP contribution in [0.25, 0.3) is 0 Å². The first kappa shape index (κ1) is 23.2. The van der Waals surface area contributed by atoms with E-state index in [1.165, 1.54) is 12.8 Å². The molecule has 0 radical (unpaired) electrons. The average molecular weight is 410 g/mol. The summed E-state index contributed by atoms with van der Waals surface area (Å²) in [5.74, 6) is -0.365. The molecular formula is C22H35NO4S. The standard InChI is InChI=1S/C22H35NO4S/c1-4-5-6-13-22(26-15-16-27-22)14-7-8-20(17-19(3)24)23-28(25)21-11-9-18(2)10-12-21/h9-12,20,23H,4-8,13-17H2,1-3H3/t20-,28?/m0/s1. The fourth-order valence-electron chi connectivity index (χ4n) is 3.60. The van der Waals surface area contributed by atoms with Crippen LogP contribution in [0.3, 0.4) is 0 Å². The zero-order valence-corrected chi connectivity index (χ0v) is 18.3. The molecule has 1 unspecified atom stereocenters. The molecule has 1 heterocycles. The molecule has 1 N–H and O–H groups in total. The van der Waals surface area contributed by atoms with Crippen molar-refractivity contribution in [3.63, 3.8) is 0 Å². The number of carbonyl (C=O) groups excluding carboxylic acids is 1. The molecular weight excluding hydrogens is 374 g/mol. The summed E-state index contributed by atoms with van der Waals surface area (Å²) < 4.78 is 27.7. The fraction of sp³-hybridized carbons (Fsp3) is 0.682. The average Bonchev–Trinajstić information content (AvgIpc) is 3.11. The van der Waals surface area contributed by atoms with E-state index in [2.05, 4.69) is 11.6 Å². The van der Waals surface area contributed by atoms with E-state index in [1.54, 1.807) is 6.92 Å². The van der Waals surface area contributed by atoms with Gasteiger partial charge in [-0.3, -0.25) is 4.79 Å². The van der Waals surface area contributed by atoms with Crippen LogP contribution in [0.5, 0.6) is 0 Å². The third-order valence-electron chi connectivity index (χ3n) is 5.13. The summed E-state index contributed by atoms with van der Waals surface area (Å²) in [7, 11) is -1.32. The summed E-state index contributed by atoms with van der Waals surface area (Å²) in [6.45, 7) is 7.08. The number of nitrogens with one attached hydrogen (secondary N) is 1. The number of benzene rings is 1. The second-order valence-electron chi connectivity index (χ2n) is 7.76. The van der Waals surface area contributed by atoms with Gasteiger partial charge in [0.2, 0.25) is 0 Å². The smallest absolute Gasteiger partial charge is 0.168 e. The van der Waals surface area contributed by atoms with Crippen molar-refractivity contribution in [2.24, 2.45) is 0 Å². The van der Waals surface area contributed by atoms with Crippen LogP contribution >= 0.6 is 0 Å². The van der Waals surface area contributed by atoms with E-state index in [0.717, 1.165) is 42.6 Å². The Morgan fingerprint density at radius 3 is 2.39 bits per heavy atom. The van der Waals surface area contributed by atoms with Crippen LogP contribution in [0.15, 0.2) is 29.2 Å². The van der Waals surface area contributed by atoms with Gasteiger partial charge < -0.3 is 9.47 Å². The second kappa shape index (κ2) is 11.8. The lowest BCUT2D eigenvalue weighted by atomic mass is 9.98. The molecule has 1 aliphatic rings. The van der Waals surface area contributed by atoms with Crippen molar-refractivity contribution in [3.8, 4) is 0 Å². The number of unbranched alkanes of at least 4 members (excludes halogenated alkanes) is 2. The van der Waals surface area contributed by atoms with Crippen molar-refractivity contribution in [1.82, 2.24) is 4.72 Å². The van der Waals surface area contributed by atoms with E-state index in [9.17, 15) is 9.00 Å². The summed E-state index contributed by atoms with van der Waals surface area (Å²) in [4.78, 5) is 12.4. The molecule has 0 aromatic heterocycles. The Hall–Kier alpha value is -1.08. The number of rotatable bonds is 13. The Kier molecular flexibility index (Phi) is 9.79. The minimum atomic E-state index is -1.32. The summed E-state index contributed by atoms with van der Waals surface area (Å²) in [6.07, 6.45) is 7.18. The molecule has 2 atom stereocenters. The molecule has 28 heavy (non-hydrogen) atoms. The number of hydrogen-bond donors (Lipinski definition) is 1. The highest BCUT2D eigenvalue weighted by Crippen LogP contribution is 2.31. The van der Waals surface area contributed by atoms with Gasteiger partial charge >= 0.3 is 0 Å². The highest BCUT2D eigenvalue weighted by atomic mass is 32.2. The van der Waals surface area contributed by atoms with Gasteiger partial charge in [0.25, 0.3) is 0 Å². The van der Waals surface area contributed by atoms with Crippen molar-refractivity contribution >= 4 is 16.8 Å². The van der Waals surface area contributed by atoms with Gasteiger partial charge in [0.1, 0.15) is 16.8 Å². The zero-order valence-electron chi connectivity index (χ0n) is 17.5. The molecule has 2 rings (SSSR count). The molecule has 1 aromatic rings.